The van der Waals surface area contributed by atoms with Crippen molar-refractivity contribution in [3.05, 3.63) is 98.8 Å². The molecular weight excluding hydrogens is 402 g/mol. The molecule has 1 saturated carbocycles. The quantitative estimate of drug-likeness (QED) is 0.425. The molecule has 0 amide bonds. The molecule has 1 fully saturated rings. The Morgan fingerprint density at radius 2 is 1.78 bits per heavy atom. The monoisotopic (exact) mass is 433 g/mol. The highest BCUT2D eigenvalue weighted by Crippen LogP contribution is 2.30. The van der Waals surface area contributed by atoms with E-state index in [1.807, 2.05) is 12.1 Å². The fraction of sp³-hybridized carbons (Fsp3) is 0.385. The molecule has 3 aromatic rings. The number of unbranched alkanes of at least 4 members (excludes halogenated alkanes) is 2. The summed E-state index contributed by atoms with van der Waals surface area (Å²) in [4.78, 5) is 25.2. The molecule has 6 nitrogen and oxygen atoms in total. The lowest BCUT2D eigenvalue weighted by Crippen LogP contribution is -2.28. The summed E-state index contributed by atoms with van der Waals surface area (Å²) in [5.74, 6) is 1.66. The minimum atomic E-state index is -0.357. The Kier molecular flexibility index (Phi) is 7.56. The van der Waals surface area contributed by atoms with E-state index in [1.165, 1.54) is 30.0 Å². The summed E-state index contributed by atoms with van der Waals surface area (Å²) in [6.07, 6.45) is 7.00. The number of rotatable bonds is 12. The standard InChI is InChI=1S/C26H31N3O3/c30-24-14-17-29(26(31)28-24)16-6-2-5-15-27-25(21-8-3-1-4-9-21)22-10-7-11-23(18-22)32-19-20-12-13-20/h1,3-4,7-11,14,17-18,20,25,27H,2,5-6,12-13,15-16,19H2,(H,28,30,31). The van der Waals surface area contributed by atoms with Gasteiger partial charge in [0.25, 0.3) is 5.56 Å². The summed E-state index contributed by atoms with van der Waals surface area (Å²) in [6, 6.07) is 20.4. The summed E-state index contributed by atoms with van der Waals surface area (Å²) < 4.78 is 7.55. The van der Waals surface area contributed by atoms with Crippen molar-refractivity contribution in [3.8, 4) is 5.75 Å². The molecule has 1 atom stereocenters. The predicted molar refractivity (Wildman–Crippen MR) is 126 cm³/mol. The van der Waals surface area contributed by atoms with Crippen molar-refractivity contribution in [2.45, 2.75) is 44.7 Å². The zero-order valence-corrected chi connectivity index (χ0v) is 18.3. The first-order valence-corrected chi connectivity index (χ1v) is 11.5. The maximum absolute atomic E-state index is 11.8. The molecule has 4 rings (SSSR count). The van der Waals surface area contributed by atoms with Crippen LogP contribution in [0.25, 0.3) is 0 Å². The molecule has 2 aromatic carbocycles. The van der Waals surface area contributed by atoms with Gasteiger partial charge in [-0.05, 0) is 61.4 Å². The molecule has 1 aliphatic rings. The van der Waals surface area contributed by atoms with Crippen LogP contribution < -0.4 is 21.3 Å². The summed E-state index contributed by atoms with van der Waals surface area (Å²) in [7, 11) is 0. The lowest BCUT2D eigenvalue weighted by atomic mass is 9.98. The Morgan fingerprint density at radius 1 is 0.969 bits per heavy atom. The van der Waals surface area contributed by atoms with E-state index in [1.54, 1.807) is 10.8 Å². The van der Waals surface area contributed by atoms with Gasteiger partial charge in [-0.2, -0.15) is 0 Å². The molecule has 0 spiro atoms. The Bertz CT molecular complexity index is 1100. The van der Waals surface area contributed by atoms with Gasteiger partial charge in [0.05, 0.1) is 12.6 Å². The SMILES string of the molecule is O=c1ccn(CCCCCNC(c2ccccc2)c2cccc(OCC3CC3)c2)c(=O)[nH]1. The van der Waals surface area contributed by atoms with Crippen LogP contribution in [0.15, 0.2) is 76.4 Å². The lowest BCUT2D eigenvalue weighted by molar-refractivity contribution is 0.299. The normalized spacial score (nSPS) is 14.2. The molecule has 0 aliphatic heterocycles. The molecule has 1 aliphatic carbocycles. The number of benzene rings is 2. The average Bonchev–Trinajstić information content (AvgIpc) is 3.64. The molecule has 1 aromatic heterocycles. The number of ether oxygens (including phenoxy) is 1. The van der Waals surface area contributed by atoms with Gasteiger partial charge in [-0.3, -0.25) is 9.78 Å². The summed E-state index contributed by atoms with van der Waals surface area (Å²) in [5.41, 5.74) is 1.73. The van der Waals surface area contributed by atoms with E-state index in [0.717, 1.165) is 44.1 Å². The number of nitrogens with one attached hydrogen (secondary N) is 2. The van der Waals surface area contributed by atoms with Gasteiger partial charge in [0, 0.05) is 18.8 Å². The average molecular weight is 434 g/mol. The third-order valence-corrected chi connectivity index (χ3v) is 5.83. The first kappa shape index (κ1) is 22.1. The summed E-state index contributed by atoms with van der Waals surface area (Å²) in [6.45, 7) is 2.29. The van der Waals surface area contributed by atoms with Crippen molar-refractivity contribution in [2.75, 3.05) is 13.2 Å². The van der Waals surface area contributed by atoms with E-state index in [4.69, 9.17) is 4.74 Å². The number of hydrogen-bond donors (Lipinski definition) is 2. The number of hydrogen-bond acceptors (Lipinski definition) is 4. The van der Waals surface area contributed by atoms with Crippen molar-refractivity contribution in [1.29, 1.82) is 0 Å². The molecule has 1 heterocycles. The van der Waals surface area contributed by atoms with Crippen LogP contribution in [0.1, 0.15) is 49.3 Å². The summed E-state index contributed by atoms with van der Waals surface area (Å²) >= 11 is 0. The molecule has 0 saturated heterocycles. The van der Waals surface area contributed by atoms with Gasteiger partial charge >= 0.3 is 5.69 Å². The van der Waals surface area contributed by atoms with Crippen LogP contribution in [-0.4, -0.2) is 22.7 Å². The van der Waals surface area contributed by atoms with Crippen LogP contribution in [-0.2, 0) is 6.54 Å². The molecule has 32 heavy (non-hydrogen) atoms. The van der Waals surface area contributed by atoms with Gasteiger partial charge in [0.15, 0.2) is 0 Å². The second-order valence-electron chi connectivity index (χ2n) is 8.49. The number of aryl methyl sites for hydroxylation is 1. The minimum absolute atomic E-state index is 0.0995. The van der Waals surface area contributed by atoms with Crippen molar-refractivity contribution in [1.82, 2.24) is 14.9 Å². The fourth-order valence-electron chi connectivity index (χ4n) is 3.81. The van der Waals surface area contributed by atoms with Crippen LogP contribution in [0, 0.1) is 5.92 Å². The molecule has 2 N–H and O–H groups in total. The maximum Gasteiger partial charge on any atom is 0.328 e. The Labute approximate surface area is 188 Å². The lowest BCUT2D eigenvalue weighted by Gasteiger charge is -2.21. The number of H-pyrrole nitrogens is 1. The molecule has 0 radical (unpaired) electrons. The zero-order valence-electron chi connectivity index (χ0n) is 18.3. The number of aromatic nitrogens is 2. The first-order valence-electron chi connectivity index (χ1n) is 11.5. The predicted octanol–water partition coefficient (Wildman–Crippen LogP) is 3.87. The highest BCUT2D eigenvalue weighted by molar-refractivity contribution is 5.36. The molecule has 6 heteroatoms. The maximum atomic E-state index is 11.8. The second kappa shape index (κ2) is 11.0. The first-order chi connectivity index (χ1) is 15.7. The number of nitrogens with zero attached hydrogens (tertiary/aromatic N) is 1. The summed E-state index contributed by atoms with van der Waals surface area (Å²) in [5, 5.41) is 3.70. The van der Waals surface area contributed by atoms with Gasteiger partial charge in [-0.1, -0.05) is 48.9 Å². The van der Waals surface area contributed by atoms with Crippen LogP contribution >= 0.6 is 0 Å². The fourth-order valence-corrected chi connectivity index (χ4v) is 3.81. The molecule has 1 unspecified atom stereocenters. The van der Waals surface area contributed by atoms with Gasteiger partial charge in [-0.15, -0.1) is 0 Å². The smallest absolute Gasteiger partial charge is 0.328 e. The van der Waals surface area contributed by atoms with Gasteiger partial charge < -0.3 is 14.6 Å². The topological polar surface area (TPSA) is 76.1 Å². The van der Waals surface area contributed by atoms with E-state index in [0.29, 0.717) is 6.54 Å². The van der Waals surface area contributed by atoms with E-state index in [9.17, 15) is 9.59 Å². The van der Waals surface area contributed by atoms with Crippen LogP contribution in [0.2, 0.25) is 0 Å². The van der Waals surface area contributed by atoms with Gasteiger partial charge in [0.2, 0.25) is 0 Å². The Morgan fingerprint density at radius 3 is 2.56 bits per heavy atom. The van der Waals surface area contributed by atoms with Crippen LogP contribution in [0.3, 0.4) is 0 Å². The van der Waals surface area contributed by atoms with Crippen LogP contribution in [0.4, 0.5) is 0 Å². The highest BCUT2D eigenvalue weighted by Gasteiger charge is 2.22. The highest BCUT2D eigenvalue weighted by atomic mass is 16.5. The van der Waals surface area contributed by atoms with Crippen LogP contribution in [0.5, 0.6) is 5.75 Å². The largest absolute Gasteiger partial charge is 0.493 e. The third-order valence-electron chi connectivity index (χ3n) is 5.83. The second-order valence-corrected chi connectivity index (χ2v) is 8.49. The van der Waals surface area contributed by atoms with Crippen molar-refractivity contribution < 1.29 is 4.74 Å². The van der Waals surface area contributed by atoms with E-state index < -0.39 is 0 Å². The van der Waals surface area contributed by atoms with Crippen molar-refractivity contribution in [3.63, 3.8) is 0 Å². The zero-order chi connectivity index (χ0) is 22.2. The van der Waals surface area contributed by atoms with E-state index in [2.05, 4.69) is 52.8 Å². The Balaban J connectivity index is 1.32. The van der Waals surface area contributed by atoms with E-state index >= 15 is 0 Å². The molecule has 0 bridgehead atoms. The number of aromatic amines is 1. The molecular formula is C26H31N3O3. The van der Waals surface area contributed by atoms with Crippen molar-refractivity contribution >= 4 is 0 Å². The molecule has 168 valence electrons. The van der Waals surface area contributed by atoms with Crippen molar-refractivity contribution in [2.24, 2.45) is 5.92 Å². The minimum Gasteiger partial charge on any atom is -0.493 e. The van der Waals surface area contributed by atoms with Gasteiger partial charge in [-0.25, -0.2) is 4.79 Å². The van der Waals surface area contributed by atoms with Gasteiger partial charge in [0.1, 0.15) is 5.75 Å². The van der Waals surface area contributed by atoms with E-state index in [-0.39, 0.29) is 17.3 Å². The third kappa shape index (κ3) is 6.44. The Hall–Kier alpha value is -3.12.